The van der Waals surface area contributed by atoms with Crippen LogP contribution in [0.25, 0.3) is 0 Å². The fourth-order valence-electron chi connectivity index (χ4n) is 2.93. The molecule has 0 spiro atoms. The summed E-state index contributed by atoms with van der Waals surface area (Å²) in [7, 11) is 0. The second-order valence-corrected chi connectivity index (χ2v) is 6.26. The summed E-state index contributed by atoms with van der Waals surface area (Å²) in [6.45, 7) is 2.47. The molecule has 1 saturated carbocycles. The first-order valence-electron chi connectivity index (χ1n) is 8.43. The number of amides is 1. The molecule has 0 atom stereocenters. The third kappa shape index (κ3) is 5.71. The third-order valence-electron chi connectivity index (χ3n) is 4.12. The fraction of sp³-hybridized carbons (Fsp3) is 0.556. The largest absolute Gasteiger partial charge is 0.484 e. The maximum absolute atomic E-state index is 12.6. The highest BCUT2D eigenvalue weighted by Crippen LogP contribution is 2.24. The van der Waals surface area contributed by atoms with Gasteiger partial charge in [0.1, 0.15) is 5.75 Å². The van der Waals surface area contributed by atoms with Gasteiger partial charge in [0, 0.05) is 17.6 Å². The lowest BCUT2D eigenvalue weighted by atomic mass is 10.2. The van der Waals surface area contributed by atoms with Gasteiger partial charge >= 0.3 is 5.97 Å². The molecule has 1 aromatic rings. The van der Waals surface area contributed by atoms with Crippen LogP contribution in [0.5, 0.6) is 5.75 Å². The zero-order valence-electron chi connectivity index (χ0n) is 14.0. The molecule has 1 aliphatic carbocycles. The molecule has 132 valence electrons. The van der Waals surface area contributed by atoms with Crippen LogP contribution in [0.2, 0.25) is 5.02 Å². The van der Waals surface area contributed by atoms with E-state index in [-0.39, 0.29) is 30.9 Å². The first kappa shape index (κ1) is 18.6. The van der Waals surface area contributed by atoms with Gasteiger partial charge in [0.05, 0.1) is 13.0 Å². The number of rotatable bonds is 8. The fourth-order valence-corrected chi connectivity index (χ4v) is 3.06. The molecule has 0 aliphatic heterocycles. The Kier molecular flexibility index (Phi) is 7.37. The van der Waals surface area contributed by atoms with Gasteiger partial charge in [-0.15, -0.1) is 0 Å². The average molecular weight is 354 g/mol. The maximum Gasteiger partial charge on any atom is 0.307 e. The lowest BCUT2D eigenvalue weighted by Gasteiger charge is -2.28. The van der Waals surface area contributed by atoms with Gasteiger partial charge in [-0.2, -0.15) is 0 Å². The van der Waals surface area contributed by atoms with Crippen LogP contribution in [-0.2, 0) is 14.3 Å². The average Bonchev–Trinajstić information content (AvgIpc) is 3.09. The van der Waals surface area contributed by atoms with E-state index < -0.39 is 0 Å². The SMILES string of the molecule is CCOC(=O)CCN(C(=O)COc1ccc(Cl)cc1)C1CCCC1. The van der Waals surface area contributed by atoms with Crippen molar-refractivity contribution in [3.05, 3.63) is 29.3 Å². The molecule has 0 unspecified atom stereocenters. The highest BCUT2D eigenvalue weighted by atomic mass is 35.5. The summed E-state index contributed by atoms with van der Waals surface area (Å²) in [4.78, 5) is 25.9. The van der Waals surface area contributed by atoms with E-state index in [1.807, 2.05) is 0 Å². The van der Waals surface area contributed by atoms with Crippen molar-refractivity contribution < 1.29 is 19.1 Å². The number of hydrogen-bond acceptors (Lipinski definition) is 4. The summed E-state index contributed by atoms with van der Waals surface area (Å²) in [5, 5.41) is 0.621. The number of ether oxygens (including phenoxy) is 2. The van der Waals surface area contributed by atoms with Crippen LogP contribution in [0.3, 0.4) is 0 Å². The highest BCUT2D eigenvalue weighted by molar-refractivity contribution is 6.30. The number of esters is 1. The van der Waals surface area contributed by atoms with Gasteiger partial charge in [0.25, 0.3) is 5.91 Å². The first-order valence-corrected chi connectivity index (χ1v) is 8.81. The van der Waals surface area contributed by atoms with Crippen molar-refractivity contribution >= 4 is 23.5 Å². The molecule has 0 saturated heterocycles. The molecule has 1 fully saturated rings. The lowest BCUT2D eigenvalue weighted by molar-refractivity contribution is -0.144. The van der Waals surface area contributed by atoms with E-state index >= 15 is 0 Å². The van der Waals surface area contributed by atoms with Crippen molar-refractivity contribution in [2.75, 3.05) is 19.8 Å². The number of carbonyl (C=O) groups excluding carboxylic acids is 2. The zero-order chi connectivity index (χ0) is 17.4. The summed E-state index contributed by atoms with van der Waals surface area (Å²) in [5.74, 6) is 0.234. The van der Waals surface area contributed by atoms with Crippen LogP contribution >= 0.6 is 11.6 Å². The molecule has 1 amide bonds. The molecule has 5 nitrogen and oxygen atoms in total. The smallest absolute Gasteiger partial charge is 0.307 e. The van der Waals surface area contributed by atoms with Gasteiger partial charge in [-0.05, 0) is 44.0 Å². The number of nitrogens with zero attached hydrogens (tertiary/aromatic N) is 1. The minimum Gasteiger partial charge on any atom is -0.484 e. The van der Waals surface area contributed by atoms with Gasteiger partial charge in [-0.25, -0.2) is 0 Å². The maximum atomic E-state index is 12.6. The van der Waals surface area contributed by atoms with Crippen LogP contribution in [0.4, 0.5) is 0 Å². The van der Waals surface area contributed by atoms with E-state index in [9.17, 15) is 9.59 Å². The Labute approximate surface area is 147 Å². The first-order chi connectivity index (χ1) is 11.6. The van der Waals surface area contributed by atoms with E-state index in [0.29, 0.717) is 23.9 Å². The minimum absolute atomic E-state index is 0.0407. The molecule has 0 N–H and O–H groups in total. The van der Waals surface area contributed by atoms with Crippen LogP contribution in [0, 0.1) is 0 Å². The van der Waals surface area contributed by atoms with Crippen molar-refractivity contribution in [2.45, 2.75) is 45.1 Å². The molecule has 0 aromatic heterocycles. The van der Waals surface area contributed by atoms with Crippen LogP contribution in [-0.4, -0.2) is 42.6 Å². The predicted molar refractivity (Wildman–Crippen MR) is 92.2 cm³/mol. The summed E-state index contributed by atoms with van der Waals surface area (Å²) in [5.41, 5.74) is 0. The molecule has 1 aromatic carbocycles. The second kappa shape index (κ2) is 9.52. The minimum atomic E-state index is -0.271. The summed E-state index contributed by atoms with van der Waals surface area (Å²) in [6, 6.07) is 7.09. The Morgan fingerprint density at radius 3 is 2.50 bits per heavy atom. The van der Waals surface area contributed by atoms with Gasteiger partial charge in [-0.1, -0.05) is 24.4 Å². The molecule has 0 radical (unpaired) electrons. The van der Waals surface area contributed by atoms with Crippen molar-refractivity contribution in [1.29, 1.82) is 0 Å². The summed E-state index contributed by atoms with van der Waals surface area (Å²) < 4.78 is 10.5. The van der Waals surface area contributed by atoms with Crippen molar-refractivity contribution in [1.82, 2.24) is 4.90 Å². The Hall–Kier alpha value is -1.75. The normalized spacial score (nSPS) is 14.4. The van der Waals surface area contributed by atoms with Gasteiger partial charge in [0.2, 0.25) is 0 Å². The number of hydrogen-bond donors (Lipinski definition) is 0. The van der Waals surface area contributed by atoms with E-state index in [1.54, 1.807) is 36.1 Å². The molecular formula is C18H24ClNO4. The number of carbonyl (C=O) groups is 2. The van der Waals surface area contributed by atoms with Crippen LogP contribution in [0.15, 0.2) is 24.3 Å². The standard InChI is InChI=1S/C18H24ClNO4/c1-2-23-18(22)11-12-20(15-5-3-4-6-15)17(21)13-24-16-9-7-14(19)8-10-16/h7-10,15H,2-6,11-13H2,1H3. The van der Waals surface area contributed by atoms with Gasteiger partial charge in [0.15, 0.2) is 6.61 Å². The molecule has 0 heterocycles. The Morgan fingerprint density at radius 2 is 1.88 bits per heavy atom. The monoisotopic (exact) mass is 353 g/mol. The highest BCUT2D eigenvalue weighted by Gasteiger charge is 2.27. The second-order valence-electron chi connectivity index (χ2n) is 5.82. The zero-order valence-corrected chi connectivity index (χ0v) is 14.8. The quantitative estimate of drug-likeness (QED) is 0.672. The summed E-state index contributed by atoms with van der Waals surface area (Å²) in [6.07, 6.45) is 4.42. The molecule has 6 heteroatoms. The van der Waals surface area contributed by atoms with E-state index in [4.69, 9.17) is 21.1 Å². The molecule has 2 rings (SSSR count). The summed E-state index contributed by atoms with van der Waals surface area (Å²) >= 11 is 5.83. The number of benzene rings is 1. The van der Waals surface area contributed by atoms with Crippen molar-refractivity contribution in [3.63, 3.8) is 0 Å². The molecule has 24 heavy (non-hydrogen) atoms. The molecular weight excluding hydrogens is 330 g/mol. The molecule has 1 aliphatic rings. The van der Waals surface area contributed by atoms with E-state index in [0.717, 1.165) is 25.7 Å². The van der Waals surface area contributed by atoms with Gasteiger partial charge < -0.3 is 14.4 Å². The van der Waals surface area contributed by atoms with E-state index in [1.165, 1.54) is 0 Å². The topological polar surface area (TPSA) is 55.8 Å². The number of halogens is 1. The molecule has 0 bridgehead atoms. The van der Waals surface area contributed by atoms with E-state index in [2.05, 4.69) is 0 Å². The van der Waals surface area contributed by atoms with Gasteiger partial charge in [-0.3, -0.25) is 9.59 Å². The van der Waals surface area contributed by atoms with Crippen LogP contribution in [0.1, 0.15) is 39.0 Å². The predicted octanol–water partition coefficient (Wildman–Crippen LogP) is 3.44. The Morgan fingerprint density at radius 1 is 1.21 bits per heavy atom. The Bertz CT molecular complexity index is 540. The lowest BCUT2D eigenvalue weighted by Crippen LogP contribution is -2.42. The van der Waals surface area contributed by atoms with Crippen LogP contribution < -0.4 is 4.74 Å². The van der Waals surface area contributed by atoms with Crippen molar-refractivity contribution in [2.24, 2.45) is 0 Å². The third-order valence-corrected chi connectivity index (χ3v) is 4.38. The Balaban J connectivity index is 1.90. The van der Waals surface area contributed by atoms with Crippen molar-refractivity contribution in [3.8, 4) is 5.75 Å².